The van der Waals surface area contributed by atoms with Crippen LogP contribution in [-0.2, 0) is 11.3 Å². The summed E-state index contributed by atoms with van der Waals surface area (Å²) in [5, 5.41) is 11.9. The molecule has 0 aliphatic heterocycles. The van der Waals surface area contributed by atoms with Gasteiger partial charge in [0.1, 0.15) is 0 Å². The van der Waals surface area contributed by atoms with Gasteiger partial charge in [-0.25, -0.2) is 9.89 Å². The lowest BCUT2D eigenvalue weighted by Gasteiger charge is -2.11. The van der Waals surface area contributed by atoms with Gasteiger partial charge in [0.2, 0.25) is 5.91 Å². The molecule has 1 amide bonds. The lowest BCUT2D eigenvalue weighted by molar-refractivity contribution is -0.119. The van der Waals surface area contributed by atoms with Gasteiger partial charge in [-0.05, 0) is 24.8 Å². The molecule has 0 bridgehead atoms. The van der Waals surface area contributed by atoms with E-state index in [2.05, 4.69) is 22.4 Å². The molecule has 0 fully saturated rings. The summed E-state index contributed by atoms with van der Waals surface area (Å²) in [5.41, 5.74) is -0.219. The summed E-state index contributed by atoms with van der Waals surface area (Å²) in [7, 11) is 0. The number of aromatic nitrogens is 3. The van der Waals surface area contributed by atoms with Crippen LogP contribution in [0.1, 0.15) is 37.6 Å². The minimum Gasteiger partial charge on any atom is -0.348 e. The normalized spacial score (nSPS) is 12.3. The zero-order chi connectivity index (χ0) is 15.9. The van der Waals surface area contributed by atoms with Crippen molar-refractivity contribution in [3.63, 3.8) is 0 Å². The van der Waals surface area contributed by atoms with Crippen LogP contribution in [0.25, 0.3) is 0 Å². The maximum atomic E-state index is 12.0. The summed E-state index contributed by atoms with van der Waals surface area (Å²) < 4.78 is 1.59. The molecule has 0 spiro atoms. The predicted molar refractivity (Wildman–Crippen MR) is 89.4 cm³/mol. The Morgan fingerprint density at radius 3 is 3.09 bits per heavy atom. The molecule has 2 aromatic heterocycles. The van der Waals surface area contributed by atoms with Crippen molar-refractivity contribution in [3.8, 4) is 0 Å². The monoisotopic (exact) mass is 340 g/mol. The highest BCUT2D eigenvalue weighted by Gasteiger charge is 2.13. The van der Waals surface area contributed by atoms with E-state index in [0.717, 1.165) is 17.7 Å². The first-order valence-electron chi connectivity index (χ1n) is 7.22. The molecule has 0 saturated heterocycles. The summed E-state index contributed by atoms with van der Waals surface area (Å²) in [6.45, 7) is 4.65. The van der Waals surface area contributed by atoms with Gasteiger partial charge in [-0.15, -0.1) is 16.4 Å². The molecule has 1 unspecified atom stereocenters. The average Bonchev–Trinajstić information content (AvgIpc) is 3.13. The van der Waals surface area contributed by atoms with Gasteiger partial charge in [0.05, 0.1) is 11.8 Å². The highest BCUT2D eigenvalue weighted by atomic mass is 32.2. The van der Waals surface area contributed by atoms with Gasteiger partial charge >= 0.3 is 5.69 Å². The maximum Gasteiger partial charge on any atom is 0.343 e. The number of rotatable bonds is 8. The Hall–Kier alpha value is -1.54. The second-order valence-corrected chi connectivity index (χ2v) is 6.83. The van der Waals surface area contributed by atoms with Crippen molar-refractivity contribution in [1.29, 1.82) is 0 Å². The average molecular weight is 340 g/mol. The fraction of sp³-hybridized carbons (Fsp3) is 0.500. The SMILES string of the molecule is CCCCn1c(SCC(=O)NC(C)c2cccs2)n[nH]c1=O. The summed E-state index contributed by atoms with van der Waals surface area (Å²) >= 11 is 2.90. The first-order chi connectivity index (χ1) is 10.6. The number of thioether (sulfide) groups is 1. The first kappa shape index (κ1) is 16.8. The van der Waals surface area contributed by atoms with Crippen molar-refractivity contribution < 1.29 is 4.79 Å². The first-order valence-corrected chi connectivity index (χ1v) is 9.09. The third-order valence-electron chi connectivity index (χ3n) is 3.14. The van der Waals surface area contributed by atoms with E-state index >= 15 is 0 Å². The van der Waals surface area contributed by atoms with Crippen LogP contribution in [0.15, 0.2) is 27.5 Å². The Bertz CT molecular complexity index is 648. The van der Waals surface area contributed by atoms with Crippen LogP contribution in [0.5, 0.6) is 0 Å². The summed E-state index contributed by atoms with van der Waals surface area (Å²) in [6, 6.07) is 3.96. The topological polar surface area (TPSA) is 79.8 Å². The number of nitrogens with one attached hydrogen (secondary N) is 2. The van der Waals surface area contributed by atoms with Gasteiger partial charge in [0, 0.05) is 11.4 Å². The number of carbonyl (C=O) groups is 1. The Balaban J connectivity index is 1.87. The van der Waals surface area contributed by atoms with Crippen LogP contribution < -0.4 is 11.0 Å². The van der Waals surface area contributed by atoms with Gasteiger partial charge in [-0.3, -0.25) is 9.36 Å². The largest absolute Gasteiger partial charge is 0.348 e. The molecule has 22 heavy (non-hydrogen) atoms. The fourth-order valence-electron chi connectivity index (χ4n) is 1.95. The number of hydrogen-bond acceptors (Lipinski definition) is 5. The standard InChI is InChI=1S/C14H20N4O2S2/c1-3-4-7-18-13(20)16-17-14(18)22-9-12(19)15-10(2)11-6-5-8-21-11/h5-6,8,10H,3-4,7,9H2,1-2H3,(H,15,19)(H,16,20). The predicted octanol–water partition coefficient (Wildman–Crippen LogP) is 2.40. The molecular weight excluding hydrogens is 320 g/mol. The summed E-state index contributed by atoms with van der Waals surface area (Å²) in [6.07, 6.45) is 1.91. The number of thiophene rings is 1. The molecule has 0 radical (unpaired) electrons. The molecule has 1 atom stereocenters. The highest BCUT2D eigenvalue weighted by molar-refractivity contribution is 7.99. The number of H-pyrrole nitrogens is 1. The van der Waals surface area contributed by atoms with E-state index in [1.165, 1.54) is 11.8 Å². The molecule has 6 nitrogen and oxygen atoms in total. The van der Waals surface area contributed by atoms with E-state index in [-0.39, 0.29) is 23.4 Å². The second kappa shape index (κ2) is 8.19. The smallest absolute Gasteiger partial charge is 0.343 e. The van der Waals surface area contributed by atoms with E-state index < -0.39 is 0 Å². The van der Waals surface area contributed by atoms with E-state index in [9.17, 15) is 9.59 Å². The van der Waals surface area contributed by atoms with Crippen molar-refractivity contribution in [3.05, 3.63) is 32.9 Å². The molecule has 0 aliphatic rings. The maximum absolute atomic E-state index is 12.0. The van der Waals surface area contributed by atoms with Crippen molar-refractivity contribution in [1.82, 2.24) is 20.1 Å². The van der Waals surface area contributed by atoms with E-state index in [1.54, 1.807) is 15.9 Å². The van der Waals surface area contributed by atoms with Gasteiger partial charge < -0.3 is 5.32 Å². The van der Waals surface area contributed by atoms with E-state index in [1.807, 2.05) is 24.4 Å². The molecule has 8 heteroatoms. The van der Waals surface area contributed by atoms with Crippen LogP contribution in [0.2, 0.25) is 0 Å². The molecule has 120 valence electrons. The summed E-state index contributed by atoms with van der Waals surface area (Å²) in [4.78, 5) is 24.8. The Morgan fingerprint density at radius 1 is 1.59 bits per heavy atom. The van der Waals surface area contributed by atoms with Crippen LogP contribution in [0.4, 0.5) is 0 Å². The molecule has 2 rings (SSSR count). The molecule has 2 N–H and O–H groups in total. The highest BCUT2D eigenvalue weighted by Crippen LogP contribution is 2.19. The number of hydrogen-bond donors (Lipinski definition) is 2. The van der Waals surface area contributed by atoms with Crippen molar-refractivity contribution >= 4 is 29.0 Å². The third-order valence-corrected chi connectivity index (χ3v) is 5.17. The van der Waals surface area contributed by atoms with Crippen molar-refractivity contribution in [2.75, 3.05) is 5.75 Å². The van der Waals surface area contributed by atoms with Gasteiger partial charge in [0.25, 0.3) is 0 Å². The van der Waals surface area contributed by atoms with Crippen LogP contribution in [0.3, 0.4) is 0 Å². The quantitative estimate of drug-likeness (QED) is 0.723. The minimum atomic E-state index is -0.219. The second-order valence-electron chi connectivity index (χ2n) is 4.91. The molecule has 2 aromatic rings. The van der Waals surface area contributed by atoms with Gasteiger partial charge in [-0.2, -0.15) is 0 Å². The number of amides is 1. The Kier molecular flexibility index (Phi) is 6.26. The lowest BCUT2D eigenvalue weighted by Crippen LogP contribution is -2.28. The molecule has 0 aliphatic carbocycles. The lowest BCUT2D eigenvalue weighted by atomic mass is 10.3. The molecule has 0 saturated carbocycles. The minimum absolute atomic E-state index is 0.00503. The Morgan fingerprint density at radius 2 is 2.41 bits per heavy atom. The summed E-state index contributed by atoms with van der Waals surface area (Å²) in [5.74, 6) is 0.176. The van der Waals surface area contributed by atoms with Gasteiger partial charge in [-0.1, -0.05) is 31.2 Å². The zero-order valence-corrected chi connectivity index (χ0v) is 14.3. The van der Waals surface area contributed by atoms with Crippen LogP contribution in [0, 0.1) is 0 Å². The van der Waals surface area contributed by atoms with Crippen molar-refractivity contribution in [2.45, 2.75) is 44.4 Å². The zero-order valence-electron chi connectivity index (χ0n) is 12.7. The van der Waals surface area contributed by atoms with Crippen LogP contribution in [-0.4, -0.2) is 26.4 Å². The fourth-order valence-corrected chi connectivity index (χ4v) is 3.47. The number of unbranched alkanes of at least 4 members (excludes halogenated alkanes) is 1. The van der Waals surface area contributed by atoms with Crippen LogP contribution >= 0.6 is 23.1 Å². The number of aromatic amines is 1. The van der Waals surface area contributed by atoms with Gasteiger partial charge in [0.15, 0.2) is 5.16 Å². The molecule has 0 aromatic carbocycles. The number of nitrogens with zero attached hydrogens (tertiary/aromatic N) is 2. The van der Waals surface area contributed by atoms with E-state index in [4.69, 9.17) is 0 Å². The molecular formula is C14H20N4O2S2. The molecule has 2 heterocycles. The van der Waals surface area contributed by atoms with Crippen molar-refractivity contribution in [2.24, 2.45) is 0 Å². The Labute approximate surface area is 137 Å². The third kappa shape index (κ3) is 4.48. The number of carbonyl (C=O) groups excluding carboxylic acids is 1. The van der Waals surface area contributed by atoms with E-state index in [0.29, 0.717) is 11.7 Å².